The number of nitrogens with two attached hydrogens (primary N) is 1. The van der Waals surface area contributed by atoms with E-state index in [1.54, 1.807) is 39.0 Å². The predicted octanol–water partition coefficient (Wildman–Crippen LogP) is 3.86. The molecule has 0 spiro atoms. The van der Waals surface area contributed by atoms with E-state index in [0.29, 0.717) is 21.0 Å². The van der Waals surface area contributed by atoms with E-state index in [9.17, 15) is 14.9 Å². The quantitative estimate of drug-likeness (QED) is 0.526. The second-order valence-corrected chi connectivity index (χ2v) is 6.76. The third-order valence-electron chi connectivity index (χ3n) is 2.69. The summed E-state index contributed by atoms with van der Waals surface area (Å²) >= 11 is 1.16. The van der Waals surface area contributed by atoms with Gasteiger partial charge in [-0.1, -0.05) is 12.1 Å². The smallest absolute Gasteiger partial charge is 0.350 e. The van der Waals surface area contributed by atoms with Crippen LogP contribution in [0.4, 0.5) is 11.4 Å². The lowest BCUT2D eigenvalue weighted by Crippen LogP contribution is -2.23. The topological polar surface area (TPSA) is 95.5 Å². The van der Waals surface area contributed by atoms with Crippen LogP contribution in [0.25, 0.3) is 10.4 Å². The van der Waals surface area contributed by atoms with Crippen molar-refractivity contribution in [1.29, 1.82) is 0 Å². The van der Waals surface area contributed by atoms with Crippen molar-refractivity contribution in [3.05, 3.63) is 45.3 Å². The fourth-order valence-corrected chi connectivity index (χ4v) is 2.76. The van der Waals surface area contributed by atoms with Gasteiger partial charge in [-0.15, -0.1) is 11.3 Å². The molecule has 0 amide bonds. The summed E-state index contributed by atoms with van der Waals surface area (Å²) < 4.78 is 5.30. The largest absolute Gasteiger partial charge is 0.456 e. The fraction of sp³-hybridized carbons (Fsp3) is 0.267. The fourth-order valence-electron chi connectivity index (χ4n) is 1.80. The lowest BCUT2D eigenvalue weighted by Gasteiger charge is -2.18. The summed E-state index contributed by atoms with van der Waals surface area (Å²) in [7, 11) is 0. The number of anilines is 1. The van der Waals surface area contributed by atoms with E-state index in [4.69, 9.17) is 10.5 Å². The van der Waals surface area contributed by atoms with Gasteiger partial charge < -0.3 is 10.5 Å². The van der Waals surface area contributed by atoms with Crippen LogP contribution < -0.4 is 5.73 Å². The second-order valence-electron chi connectivity index (χ2n) is 5.70. The van der Waals surface area contributed by atoms with Gasteiger partial charge in [0.1, 0.15) is 10.5 Å². The number of ether oxygens (including phenoxy) is 1. The first-order valence-corrected chi connectivity index (χ1v) is 7.36. The average molecular weight is 320 g/mol. The Kier molecular flexibility index (Phi) is 4.18. The van der Waals surface area contributed by atoms with Gasteiger partial charge in [-0.05, 0) is 32.4 Å². The normalized spacial score (nSPS) is 11.2. The Morgan fingerprint density at radius 1 is 1.32 bits per heavy atom. The molecule has 0 aliphatic carbocycles. The maximum atomic E-state index is 12.1. The number of non-ortho nitro benzene ring substituents is 1. The Hall–Kier alpha value is -2.41. The highest BCUT2D eigenvalue weighted by Gasteiger charge is 2.22. The van der Waals surface area contributed by atoms with Gasteiger partial charge in [0.05, 0.1) is 10.6 Å². The van der Waals surface area contributed by atoms with Gasteiger partial charge >= 0.3 is 5.97 Å². The second kappa shape index (κ2) is 5.76. The molecule has 22 heavy (non-hydrogen) atoms. The van der Waals surface area contributed by atoms with Crippen molar-refractivity contribution in [2.45, 2.75) is 26.4 Å². The van der Waals surface area contributed by atoms with Gasteiger partial charge in [-0.3, -0.25) is 10.1 Å². The van der Waals surface area contributed by atoms with E-state index < -0.39 is 16.5 Å². The molecular weight excluding hydrogens is 304 g/mol. The zero-order valence-electron chi connectivity index (χ0n) is 12.5. The van der Waals surface area contributed by atoms with Crippen LogP contribution in [0.1, 0.15) is 30.4 Å². The lowest BCUT2D eigenvalue weighted by atomic mass is 10.1. The van der Waals surface area contributed by atoms with E-state index in [0.717, 1.165) is 11.3 Å². The SMILES string of the molecule is CC(C)(C)OC(=O)c1sc(-c2cccc([N+](=O)[O-])c2)cc1N. The van der Waals surface area contributed by atoms with Crippen molar-refractivity contribution in [3.8, 4) is 10.4 Å². The Morgan fingerprint density at radius 3 is 2.59 bits per heavy atom. The summed E-state index contributed by atoms with van der Waals surface area (Å²) in [6.07, 6.45) is 0. The van der Waals surface area contributed by atoms with Gasteiger partial charge in [-0.25, -0.2) is 4.79 Å². The molecule has 0 saturated heterocycles. The average Bonchev–Trinajstić information content (AvgIpc) is 2.79. The van der Waals surface area contributed by atoms with Gasteiger partial charge in [0.15, 0.2) is 0 Å². The van der Waals surface area contributed by atoms with Crippen molar-refractivity contribution in [2.75, 3.05) is 5.73 Å². The molecule has 0 saturated carbocycles. The van der Waals surface area contributed by atoms with Crippen molar-refractivity contribution in [1.82, 2.24) is 0 Å². The Morgan fingerprint density at radius 2 is 2.00 bits per heavy atom. The van der Waals surface area contributed by atoms with Crippen LogP contribution in [-0.2, 0) is 4.74 Å². The van der Waals surface area contributed by atoms with Gasteiger partial charge in [0, 0.05) is 17.0 Å². The summed E-state index contributed by atoms with van der Waals surface area (Å²) in [5.74, 6) is -0.494. The Bertz CT molecular complexity index is 731. The summed E-state index contributed by atoms with van der Waals surface area (Å²) in [4.78, 5) is 23.5. The van der Waals surface area contributed by atoms with Crippen molar-refractivity contribution in [2.24, 2.45) is 0 Å². The third-order valence-corrected chi connectivity index (χ3v) is 3.87. The molecule has 116 valence electrons. The zero-order chi connectivity index (χ0) is 16.5. The van der Waals surface area contributed by atoms with Crippen molar-refractivity contribution in [3.63, 3.8) is 0 Å². The van der Waals surface area contributed by atoms with Crippen LogP contribution in [0.5, 0.6) is 0 Å². The number of thiophene rings is 1. The van der Waals surface area contributed by atoms with Gasteiger partial charge in [-0.2, -0.15) is 0 Å². The number of nitro benzene ring substituents is 1. The Labute approximate surface area is 131 Å². The molecule has 6 nitrogen and oxygen atoms in total. The molecule has 0 radical (unpaired) electrons. The number of hydrogen-bond acceptors (Lipinski definition) is 6. The van der Waals surface area contributed by atoms with Gasteiger partial charge in [0.2, 0.25) is 0 Å². The first-order valence-electron chi connectivity index (χ1n) is 6.55. The number of esters is 1. The summed E-state index contributed by atoms with van der Waals surface area (Å²) in [6.45, 7) is 5.32. The predicted molar refractivity (Wildman–Crippen MR) is 86.0 cm³/mol. The van der Waals surface area contributed by atoms with Crippen LogP contribution in [0.2, 0.25) is 0 Å². The minimum atomic E-state index is -0.612. The molecule has 0 unspecified atom stereocenters. The highest BCUT2D eigenvalue weighted by molar-refractivity contribution is 7.18. The monoisotopic (exact) mass is 320 g/mol. The lowest BCUT2D eigenvalue weighted by molar-refractivity contribution is -0.384. The molecule has 0 aliphatic heterocycles. The van der Waals surface area contributed by atoms with Crippen molar-refractivity contribution < 1.29 is 14.5 Å². The van der Waals surface area contributed by atoms with Crippen molar-refractivity contribution >= 4 is 28.7 Å². The molecule has 1 heterocycles. The number of nitrogens with zero attached hydrogens (tertiary/aromatic N) is 1. The molecule has 0 fully saturated rings. The van der Waals surface area contributed by atoms with E-state index in [2.05, 4.69) is 0 Å². The number of carbonyl (C=O) groups excluding carboxylic acids is 1. The summed E-state index contributed by atoms with van der Waals surface area (Å²) in [5, 5.41) is 10.8. The number of rotatable bonds is 3. The molecule has 7 heteroatoms. The van der Waals surface area contributed by atoms with Crippen LogP contribution >= 0.6 is 11.3 Å². The maximum Gasteiger partial charge on any atom is 0.350 e. The molecule has 0 bridgehead atoms. The minimum absolute atomic E-state index is 0.0108. The molecule has 2 aromatic rings. The summed E-state index contributed by atoms with van der Waals surface area (Å²) in [5.41, 5.74) is 6.20. The molecule has 0 atom stereocenters. The molecule has 0 aliphatic rings. The molecule has 1 aromatic carbocycles. The van der Waals surface area contributed by atoms with Crippen LogP contribution in [0.15, 0.2) is 30.3 Å². The molecular formula is C15H16N2O4S. The third kappa shape index (κ3) is 3.62. The minimum Gasteiger partial charge on any atom is -0.456 e. The van der Waals surface area contributed by atoms with Crippen LogP contribution in [-0.4, -0.2) is 16.5 Å². The van der Waals surface area contributed by atoms with Gasteiger partial charge in [0.25, 0.3) is 5.69 Å². The zero-order valence-corrected chi connectivity index (χ0v) is 13.3. The number of nitro groups is 1. The maximum absolute atomic E-state index is 12.1. The van der Waals surface area contributed by atoms with E-state index in [1.807, 2.05) is 0 Å². The molecule has 1 aromatic heterocycles. The molecule has 2 N–H and O–H groups in total. The highest BCUT2D eigenvalue weighted by atomic mass is 32.1. The van der Waals surface area contributed by atoms with E-state index in [1.165, 1.54) is 12.1 Å². The first kappa shape index (κ1) is 16.0. The Balaban J connectivity index is 2.36. The molecule has 2 rings (SSSR count). The van der Waals surface area contributed by atoms with Crippen LogP contribution in [0.3, 0.4) is 0 Å². The number of hydrogen-bond donors (Lipinski definition) is 1. The number of nitrogen functional groups attached to an aromatic ring is 1. The van der Waals surface area contributed by atoms with E-state index >= 15 is 0 Å². The number of benzene rings is 1. The first-order chi connectivity index (χ1) is 10.2. The highest BCUT2D eigenvalue weighted by Crippen LogP contribution is 2.35. The number of carbonyl (C=O) groups is 1. The van der Waals surface area contributed by atoms with E-state index in [-0.39, 0.29) is 5.69 Å². The van der Waals surface area contributed by atoms with Crippen LogP contribution in [0, 0.1) is 10.1 Å². The summed E-state index contributed by atoms with van der Waals surface area (Å²) in [6, 6.07) is 7.82. The standard InChI is InChI=1S/C15H16N2O4S/c1-15(2,3)21-14(18)13-11(16)8-12(22-13)9-5-4-6-10(7-9)17(19)20/h4-8H,16H2,1-3H3.